The van der Waals surface area contributed by atoms with Crippen molar-refractivity contribution < 1.29 is 4.79 Å². The third-order valence-corrected chi connectivity index (χ3v) is 2.81. The summed E-state index contributed by atoms with van der Waals surface area (Å²) in [5.74, 6) is 0.0952. The van der Waals surface area contributed by atoms with Crippen LogP contribution < -0.4 is 10.6 Å². The molecule has 2 N–H and O–H groups in total. The molecule has 4 heteroatoms. The summed E-state index contributed by atoms with van der Waals surface area (Å²) >= 11 is 0. The van der Waals surface area contributed by atoms with E-state index in [1.165, 1.54) is 0 Å². The number of rotatable bonds is 5. The van der Waals surface area contributed by atoms with E-state index in [9.17, 15) is 4.79 Å². The molecule has 0 saturated carbocycles. The van der Waals surface area contributed by atoms with Crippen LogP contribution in [0, 0.1) is 0 Å². The number of hydrogen-bond donors (Lipinski definition) is 2. The highest BCUT2D eigenvalue weighted by atomic mass is 16.2. The first-order valence-corrected chi connectivity index (χ1v) is 5.53. The lowest BCUT2D eigenvalue weighted by atomic mass is 10.1. The fourth-order valence-electron chi connectivity index (χ4n) is 1.82. The molecular weight excluding hydrogens is 190 g/mol. The van der Waals surface area contributed by atoms with Gasteiger partial charge in [-0.15, -0.1) is 6.58 Å². The third-order valence-electron chi connectivity index (χ3n) is 2.81. The van der Waals surface area contributed by atoms with Crippen LogP contribution in [0.2, 0.25) is 0 Å². The van der Waals surface area contributed by atoms with E-state index in [1.54, 1.807) is 6.08 Å². The van der Waals surface area contributed by atoms with Gasteiger partial charge in [-0.1, -0.05) is 6.08 Å². The van der Waals surface area contributed by atoms with Gasteiger partial charge >= 0.3 is 0 Å². The summed E-state index contributed by atoms with van der Waals surface area (Å²) in [6.45, 7) is 6.66. The molecule has 1 saturated heterocycles. The Balaban J connectivity index is 2.17. The molecular formula is C11H21N3O. The van der Waals surface area contributed by atoms with Gasteiger partial charge < -0.3 is 10.6 Å². The maximum absolute atomic E-state index is 11.4. The number of nitrogens with zero attached hydrogens (tertiary/aromatic N) is 1. The molecule has 1 rings (SSSR count). The van der Waals surface area contributed by atoms with Gasteiger partial charge in [0, 0.05) is 25.7 Å². The first-order chi connectivity index (χ1) is 7.26. The van der Waals surface area contributed by atoms with Gasteiger partial charge in [-0.25, -0.2) is 0 Å². The highest BCUT2D eigenvalue weighted by molar-refractivity contribution is 5.78. The van der Waals surface area contributed by atoms with Gasteiger partial charge in [0.2, 0.25) is 5.91 Å². The van der Waals surface area contributed by atoms with Crippen LogP contribution in [0.4, 0.5) is 0 Å². The van der Waals surface area contributed by atoms with Crippen molar-refractivity contribution >= 4 is 5.91 Å². The molecule has 0 atom stereocenters. The Kier molecular flexibility index (Phi) is 5.36. The average molecular weight is 211 g/mol. The Bertz CT molecular complexity index is 210. The summed E-state index contributed by atoms with van der Waals surface area (Å²) < 4.78 is 0. The van der Waals surface area contributed by atoms with Gasteiger partial charge in [-0.05, 0) is 19.9 Å². The number of amides is 1. The zero-order valence-corrected chi connectivity index (χ0v) is 9.46. The second kappa shape index (κ2) is 6.58. The number of carbonyl (C=O) groups is 1. The molecule has 86 valence electrons. The molecule has 1 heterocycles. The Morgan fingerprint density at radius 2 is 2.20 bits per heavy atom. The van der Waals surface area contributed by atoms with E-state index in [4.69, 9.17) is 0 Å². The molecule has 0 unspecified atom stereocenters. The van der Waals surface area contributed by atoms with Crippen LogP contribution in [0.3, 0.4) is 0 Å². The van der Waals surface area contributed by atoms with Crippen molar-refractivity contribution in [3.05, 3.63) is 12.7 Å². The zero-order chi connectivity index (χ0) is 11.1. The Morgan fingerprint density at radius 3 is 2.73 bits per heavy atom. The first kappa shape index (κ1) is 12.2. The molecule has 4 nitrogen and oxygen atoms in total. The summed E-state index contributed by atoms with van der Waals surface area (Å²) in [7, 11) is 2.00. The topological polar surface area (TPSA) is 44.4 Å². The Hall–Kier alpha value is -0.870. The highest BCUT2D eigenvalue weighted by Gasteiger charge is 2.18. The number of hydrogen-bond acceptors (Lipinski definition) is 3. The molecule has 0 aromatic rings. The number of carbonyl (C=O) groups excluding carboxylic acids is 1. The minimum absolute atomic E-state index is 0.0952. The second-order valence-corrected chi connectivity index (χ2v) is 3.93. The number of nitrogens with one attached hydrogen (secondary N) is 2. The lowest BCUT2D eigenvalue weighted by molar-refractivity contribution is -0.122. The molecule has 0 bridgehead atoms. The maximum atomic E-state index is 11.4. The minimum atomic E-state index is 0.0952. The van der Waals surface area contributed by atoms with Gasteiger partial charge in [0.25, 0.3) is 0 Å². The van der Waals surface area contributed by atoms with E-state index in [0.717, 1.165) is 25.9 Å². The zero-order valence-electron chi connectivity index (χ0n) is 9.46. The van der Waals surface area contributed by atoms with Gasteiger partial charge in [0.05, 0.1) is 6.54 Å². The van der Waals surface area contributed by atoms with Crippen LogP contribution in [-0.2, 0) is 4.79 Å². The normalized spacial score (nSPS) is 18.7. The van der Waals surface area contributed by atoms with Crippen molar-refractivity contribution in [3.8, 4) is 0 Å². The van der Waals surface area contributed by atoms with Gasteiger partial charge in [-0.3, -0.25) is 9.69 Å². The van der Waals surface area contributed by atoms with E-state index in [0.29, 0.717) is 19.1 Å². The molecule has 0 aliphatic carbocycles. The van der Waals surface area contributed by atoms with E-state index >= 15 is 0 Å². The van der Waals surface area contributed by atoms with E-state index in [1.807, 2.05) is 7.05 Å². The van der Waals surface area contributed by atoms with Crippen molar-refractivity contribution in [2.75, 3.05) is 33.2 Å². The fraction of sp³-hybridized carbons (Fsp3) is 0.727. The van der Waals surface area contributed by atoms with E-state index in [-0.39, 0.29) is 5.91 Å². The monoisotopic (exact) mass is 211 g/mol. The van der Waals surface area contributed by atoms with E-state index in [2.05, 4.69) is 22.1 Å². The summed E-state index contributed by atoms with van der Waals surface area (Å²) in [6, 6.07) is 0.623. The Labute approximate surface area is 91.7 Å². The molecule has 0 aromatic heterocycles. The van der Waals surface area contributed by atoms with Crippen LogP contribution >= 0.6 is 0 Å². The molecule has 1 amide bonds. The third kappa shape index (κ3) is 4.44. The van der Waals surface area contributed by atoms with Crippen molar-refractivity contribution in [3.63, 3.8) is 0 Å². The summed E-state index contributed by atoms with van der Waals surface area (Å²) in [5.41, 5.74) is 0. The van der Waals surface area contributed by atoms with Gasteiger partial charge in [0.1, 0.15) is 0 Å². The molecule has 1 aliphatic rings. The van der Waals surface area contributed by atoms with Gasteiger partial charge in [-0.2, -0.15) is 0 Å². The van der Waals surface area contributed by atoms with Crippen molar-refractivity contribution in [2.24, 2.45) is 0 Å². The highest BCUT2D eigenvalue weighted by Crippen LogP contribution is 2.08. The maximum Gasteiger partial charge on any atom is 0.234 e. The molecule has 1 fully saturated rings. The molecule has 1 aliphatic heterocycles. The largest absolute Gasteiger partial charge is 0.352 e. The summed E-state index contributed by atoms with van der Waals surface area (Å²) in [5, 5.41) is 6.06. The van der Waals surface area contributed by atoms with Crippen molar-refractivity contribution in [1.29, 1.82) is 0 Å². The van der Waals surface area contributed by atoms with E-state index < -0.39 is 0 Å². The molecule has 15 heavy (non-hydrogen) atoms. The lowest BCUT2D eigenvalue weighted by Crippen LogP contribution is -2.45. The first-order valence-electron chi connectivity index (χ1n) is 5.53. The SMILES string of the molecule is C=CCNC(=O)CN1CCC(NC)CC1. The lowest BCUT2D eigenvalue weighted by Gasteiger charge is -2.31. The minimum Gasteiger partial charge on any atom is -0.352 e. The van der Waals surface area contributed by atoms with Crippen LogP contribution in [-0.4, -0.2) is 50.1 Å². The van der Waals surface area contributed by atoms with Crippen LogP contribution in [0.5, 0.6) is 0 Å². The summed E-state index contributed by atoms with van der Waals surface area (Å²) in [6.07, 6.45) is 3.96. The predicted octanol–water partition coefficient (Wildman–Crippen LogP) is -0.0276. The standard InChI is InChI=1S/C11H21N3O/c1-3-6-13-11(15)9-14-7-4-10(12-2)5-8-14/h3,10,12H,1,4-9H2,2H3,(H,13,15). The average Bonchev–Trinajstić information content (AvgIpc) is 2.27. The number of piperidine rings is 1. The Morgan fingerprint density at radius 1 is 1.53 bits per heavy atom. The van der Waals surface area contributed by atoms with Crippen LogP contribution in [0.25, 0.3) is 0 Å². The second-order valence-electron chi connectivity index (χ2n) is 3.93. The molecule has 0 spiro atoms. The molecule has 0 aromatic carbocycles. The predicted molar refractivity (Wildman–Crippen MR) is 61.7 cm³/mol. The van der Waals surface area contributed by atoms with Crippen LogP contribution in [0.1, 0.15) is 12.8 Å². The fourth-order valence-corrected chi connectivity index (χ4v) is 1.82. The summed E-state index contributed by atoms with van der Waals surface area (Å²) in [4.78, 5) is 13.6. The number of likely N-dealkylation sites (tertiary alicyclic amines) is 1. The molecule has 0 radical (unpaired) electrons. The van der Waals surface area contributed by atoms with Gasteiger partial charge in [0.15, 0.2) is 0 Å². The van der Waals surface area contributed by atoms with Crippen molar-refractivity contribution in [1.82, 2.24) is 15.5 Å². The quantitative estimate of drug-likeness (QED) is 0.628. The van der Waals surface area contributed by atoms with Crippen LogP contribution in [0.15, 0.2) is 12.7 Å². The smallest absolute Gasteiger partial charge is 0.234 e. The van der Waals surface area contributed by atoms with Crippen molar-refractivity contribution in [2.45, 2.75) is 18.9 Å².